The third-order valence-electron chi connectivity index (χ3n) is 15.2. The van der Waals surface area contributed by atoms with E-state index in [0.717, 1.165) is 0 Å². The number of aliphatic hydroxyl groups excluding tert-OH is 1. The number of hydrogen-bond donors (Lipinski definition) is 15. The van der Waals surface area contributed by atoms with Gasteiger partial charge in [0.1, 0.15) is 24.2 Å². The molecule has 0 radical (unpaired) electrons. The quantitative estimate of drug-likeness (QED) is 0.0545. The van der Waals surface area contributed by atoms with Crippen molar-refractivity contribution >= 4 is 41.6 Å². The Morgan fingerprint density at radius 2 is 1.14 bits per heavy atom. The lowest BCUT2D eigenvalue weighted by Gasteiger charge is -2.64. The van der Waals surface area contributed by atoms with Gasteiger partial charge in [-0.05, 0) is 30.3 Å². The number of ether oxygens (including phenoxy) is 10. The number of hydrogen-bond acceptors (Lipinski definition) is 32. The molecule has 6 bridgehead atoms. The van der Waals surface area contributed by atoms with Gasteiger partial charge in [0.05, 0.1) is 34.8 Å². The van der Waals surface area contributed by atoms with Crippen LogP contribution in [0.15, 0.2) is 30.3 Å². The van der Waals surface area contributed by atoms with Crippen LogP contribution >= 0.6 is 0 Å². The molecule has 1 aliphatic carbocycles. The normalized spacial score (nSPS) is 34.6. The molecule has 8 aliphatic heterocycles. The number of fused-ring (bicyclic) bond motifs is 5. The van der Waals surface area contributed by atoms with Gasteiger partial charge in [-0.2, -0.15) is 0 Å². The number of esters is 6. The largest absolute Gasteiger partial charge is 0.504 e. The second kappa shape index (κ2) is 15.9. The molecular weight excluding hydrogens is 1080 g/mol. The van der Waals surface area contributed by atoms with Crippen molar-refractivity contribution in [3.05, 3.63) is 58.1 Å². The van der Waals surface area contributed by atoms with Crippen LogP contribution in [-0.4, -0.2) is 197 Å². The molecule has 4 aromatic carbocycles. The van der Waals surface area contributed by atoms with Gasteiger partial charge in [0.2, 0.25) is 41.0 Å². The minimum Gasteiger partial charge on any atom is -0.504 e. The van der Waals surface area contributed by atoms with E-state index in [1.807, 2.05) is 0 Å². The van der Waals surface area contributed by atoms with Gasteiger partial charge in [-0.1, -0.05) is 0 Å². The summed E-state index contributed by atoms with van der Waals surface area (Å²) in [4.78, 5) is 104. The monoisotopic (exact) mass is 1110 g/mol. The Morgan fingerprint density at radius 3 is 1.77 bits per heavy atom. The zero-order valence-corrected chi connectivity index (χ0v) is 38.8. The van der Waals surface area contributed by atoms with Crippen molar-refractivity contribution in [3.63, 3.8) is 0 Å². The number of phenolic OH excluding ortho intramolecular Hbond substituents is 11. The van der Waals surface area contributed by atoms with E-state index < -0.39 is 246 Å². The Labute approximate surface area is 433 Å². The highest BCUT2D eigenvalue weighted by Crippen LogP contribution is 2.76. The van der Waals surface area contributed by atoms with Gasteiger partial charge in [0.15, 0.2) is 75.8 Å². The number of rotatable bonds is 2. The van der Waals surface area contributed by atoms with Gasteiger partial charge in [-0.25, -0.2) is 24.0 Å². The Hall–Kier alpha value is -9.31. The average Bonchev–Trinajstić information content (AvgIpc) is 1.67. The van der Waals surface area contributed by atoms with Crippen LogP contribution in [0.5, 0.6) is 69.0 Å². The van der Waals surface area contributed by atoms with E-state index >= 15 is 14.4 Å². The fourth-order valence-electron chi connectivity index (χ4n) is 11.7. The van der Waals surface area contributed by atoms with Crippen molar-refractivity contribution < 1.29 is 158 Å². The van der Waals surface area contributed by atoms with E-state index in [4.69, 9.17) is 47.4 Å². The molecule has 2 spiro atoms. The van der Waals surface area contributed by atoms with E-state index in [-0.39, 0.29) is 0 Å². The molecule has 9 aliphatic rings. The molecule has 13 atom stereocenters. The Morgan fingerprint density at radius 1 is 0.582 bits per heavy atom. The van der Waals surface area contributed by atoms with Gasteiger partial charge in [0, 0.05) is 23.1 Å². The van der Waals surface area contributed by atoms with E-state index in [2.05, 4.69) is 0 Å². The maximum Gasteiger partial charge on any atom is 0.346 e. The number of aliphatic hydroxyl groups is 4. The standard InChI is InChI=1S/C47H34O32/c48-13-1-9(2-14(49)24(13)55)36(61)77-40-33-32-30(19(72-40)8-70-37(62)10-3-15(50)25(56)28(59)21(10)22-11(38(63)73-32)4-16(51)26(57)29(22)60)75-41(65)43-6-20(54)45(67,79-44(43)42(66)76-35-18(53)7-71-47(35,44)69)46(68)34(43)23-12(39(64)74-33)5-17(52)27(58)31(23)78-46/h1-5,18-19,30,32-35,40,48-53,55-60,67-69H,6-8H2. The predicted octanol–water partition coefficient (Wildman–Crippen LogP) is -2.87. The first-order valence-electron chi connectivity index (χ1n) is 22.8. The van der Waals surface area contributed by atoms with Crippen LogP contribution in [-0.2, 0) is 57.0 Å². The number of Topliss-reactive ketones (excluding diaryl/α,β-unsaturated/α-hetero) is 1. The lowest BCUT2D eigenvalue weighted by molar-refractivity contribution is -0.459. The van der Waals surface area contributed by atoms with Crippen LogP contribution in [0.1, 0.15) is 59.3 Å². The van der Waals surface area contributed by atoms with Gasteiger partial charge >= 0.3 is 35.8 Å². The van der Waals surface area contributed by atoms with E-state index in [0.29, 0.717) is 30.3 Å². The fraction of sp³-hybridized carbons (Fsp3) is 0.340. The minimum absolute atomic E-state index is 0.311. The van der Waals surface area contributed by atoms with E-state index in [1.165, 1.54) is 0 Å². The van der Waals surface area contributed by atoms with Crippen molar-refractivity contribution in [1.29, 1.82) is 0 Å². The summed E-state index contributed by atoms with van der Waals surface area (Å²) in [6, 6.07) is 2.11. The minimum atomic E-state index is -4.05. The third-order valence-corrected chi connectivity index (χ3v) is 15.2. The first-order chi connectivity index (χ1) is 37.1. The van der Waals surface area contributed by atoms with Crippen LogP contribution in [0, 0.1) is 5.41 Å². The Balaban J connectivity index is 1.13. The molecule has 79 heavy (non-hydrogen) atoms. The molecule has 32 nitrogen and oxygen atoms in total. The first-order valence-corrected chi connectivity index (χ1v) is 22.8. The zero-order chi connectivity index (χ0) is 56.9. The molecule has 13 unspecified atom stereocenters. The van der Waals surface area contributed by atoms with Crippen molar-refractivity contribution in [2.24, 2.45) is 5.41 Å². The number of phenols is 11. The number of benzene rings is 4. The summed E-state index contributed by atoms with van der Waals surface area (Å²) in [5.41, 5.74) is -15.4. The fourth-order valence-corrected chi connectivity index (χ4v) is 11.7. The van der Waals surface area contributed by atoms with Crippen molar-refractivity contribution in [2.75, 3.05) is 13.2 Å². The molecular formula is C47H34O32. The summed E-state index contributed by atoms with van der Waals surface area (Å²) in [7, 11) is 0. The van der Waals surface area contributed by atoms with Crippen LogP contribution in [0.2, 0.25) is 0 Å². The summed E-state index contributed by atoms with van der Waals surface area (Å²) in [6.07, 6.45) is -19.5. The number of aromatic hydroxyl groups is 11. The summed E-state index contributed by atoms with van der Waals surface area (Å²) >= 11 is 0. The summed E-state index contributed by atoms with van der Waals surface area (Å²) < 4.78 is 57.0. The van der Waals surface area contributed by atoms with Gasteiger partial charge in [-0.15, -0.1) is 0 Å². The Kier molecular flexibility index (Phi) is 10.2. The molecule has 13 rings (SSSR count). The summed E-state index contributed by atoms with van der Waals surface area (Å²) in [5.74, 6) is -43.9. The number of carbonyl (C=O) groups excluding carboxylic acids is 7. The van der Waals surface area contributed by atoms with Gasteiger partial charge in [0.25, 0.3) is 11.6 Å². The maximum atomic E-state index is 16.2. The molecule has 4 aromatic rings. The second-order valence-corrected chi connectivity index (χ2v) is 19.2. The molecule has 1 saturated carbocycles. The lowest BCUT2D eigenvalue weighted by atomic mass is 9.47. The Bertz CT molecular complexity index is 3530. The van der Waals surface area contributed by atoms with E-state index in [9.17, 15) is 95.8 Å². The second-order valence-electron chi connectivity index (χ2n) is 19.2. The average molecular weight is 1110 g/mol. The van der Waals surface area contributed by atoms with Crippen LogP contribution in [0.3, 0.4) is 0 Å². The third kappa shape index (κ3) is 6.05. The topological polar surface area (TPSA) is 515 Å². The summed E-state index contributed by atoms with van der Waals surface area (Å²) in [5, 5.41) is 167. The molecule has 0 amide bonds. The highest BCUT2D eigenvalue weighted by Gasteiger charge is 2.97. The number of carbonyl (C=O) groups is 7. The smallest absolute Gasteiger partial charge is 0.346 e. The van der Waals surface area contributed by atoms with Gasteiger partial charge < -0.3 is 124 Å². The maximum absolute atomic E-state index is 16.2. The SMILES string of the molecule is O=C(OC1OC2COC(=O)c3cc(O)c(O)c(O)c3-c3c(cc(O)c(O)c3O)C(=O)OC3C2OC(=O)C24CC(=O)C(O)(OC25C(=O)OC2C(O)COC25O)C2(O)Oc5c(O)c(O)cc(c5C24)C(=O)OC13)c1cc(O)c(O)c(O)c1. The number of cyclic esters (lactones) is 1. The molecule has 6 fully saturated rings. The molecule has 0 aromatic heterocycles. The van der Waals surface area contributed by atoms with Gasteiger partial charge in [-0.3, -0.25) is 9.59 Å². The molecule has 15 N–H and O–H groups in total. The molecule has 5 saturated heterocycles. The molecule has 8 heterocycles. The van der Waals surface area contributed by atoms with E-state index in [1.54, 1.807) is 0 Å². The molecule has 32 heteroatoms. The highest BCUT2D eigenvalue weighted by atomic mass is 16.8. The van der Waals surface area contributed by atoms with Crippen molar-refractivity contribution in [2.45, 2.75) is 78.2 Å². The number of ketones is 1. The first kappa shape index (κ1) is 50.5. The zero-order valence-electron chi connectivity index (χ0n) is 38.8. The van der Waals surface area contributed by atoms with Crippen LogP contribution in [0.25, 0.3) is 11.1 Å². The highest BCUT2D eigenvalue weighted by molar-refractivity contribution is 6.09. The van der Waals surface area contributed by atoms with Crippen molar-refractivity contribution in [1.82, 2.24) is 0 Å². The van der Waals surface area contributed by atoms with Crippen LogP contribution in [0.4, 0.5) is 0 Å². The van der Waals surface area contributed by atoms with Crippen LogP contribution < -0.4 is 4.74 Å². The predicted molar refractivity (Wildman–Crippen MR) is 232 cm³/mol. The lowest BCUT2D eigenvalue weighted by Crippen LogP contribution is -2.88. The van der Waals surface area contributed by atoms with Crippen molar-refractivity contribution in [3.8, 4) is 80.1 Å². The molecule has 414 valence electrons. The summed E-state index contributed by atoms with van der Waals surface area (Å²) in [6.45, 7) is -2.44.